The van der Waals surface area contributed by atoms with Gasteiger partial charge in [-0.3, -0.25) is 19.3 Å². The van der Waals surface area contributed by atoms with E-state index in [-0.39, 0.29) is 34.6 Å². The zero-order valence-corrected chi connectivity index (χ0v) is 21.1. The number of hydrogen-bond donors (Lipinski definition) is 1. The molecule has 0 atom stereocenters. The number of rotatable bonds is 7. The second-order valence-corrected chi connectivity index (χ2v) is 9.52. The Morgan fingerprint density at radius 2 is 1.81 bits per heavy atom. The van der Waals surface area contributed by atoms with Crippen LogP contribution in [0.2, 0.25) is 5.02 Å². The SMILES string of the molecule is Cc1cccc(NC(=O)COc2ccc(/C=C3\SC(=O)N(Cc4c(F)cccc4Cl)C3=O)cc2)c1C. The summed E-state index contributed by atoms with van der Waals surface area (Å²) in [7, 11) is 0. The summed E-state index contributed by atoms with van der Waals surface area (Å²) in [6.07, 6.45) is 1.57. The Morgan fingerprint density at radius 1 is 1.08 bits per heavy atom. The third kappa shape index (κ3) is 5.78. The van der Waals surface area contributed by atoms with Gasteiger partial charge in [-0.2, -0.15) is 0 Å². The molecule has 0 aromatic heterocycles. The number of nitrogens with zero attached hydrogens (tertiary/aromatic N) is 1. The quantitative estimate of drug-likeness (QED) is 0.364. The second-order valence-electron chi connectivity index (χ2n) is 8.12. The standard InChI is InChI=1S/C27H22ClFN2O4S/c1-16-5-3-8-23(17(16)2)30-25(32)15-35-19-11-9-18(10-12-19)13-24-26(33)31(27(34)36-24)14-20-21(28)6-4-7-22(20)29/h3-13H,14-15H2,1-2H3,(H,30,32)/b24-13-. The van der Waals surface area contributed by atoms with Crippen LogP contribution < -0.4 is 10.1 Å². The summed E-state index contributed by atoms with van der Waals surface area (Å²) in [5.41, 5.74) is 3.57. The van der Waals surface area contributed by atoms with Gasteiger partial charge in [0.1, 0.15) is 11.6 Å². The van der Waals surface area contributed by atoms with Crippen molar-refractivity contribution in [1.82, 2.24) is 4.90 Å². The summed E-state index contributed by atoms with van der Waals surface area (Å²) < 4.78 is 19.7. The fourth-order valence-corrected chi connectivity index (χ4v) is 4.57. The summed E-state index contributed by atoms with van der Waals surface area (Å²) in [6.45, 7) is 3.51. The summed E-state index contributed by atoms with van der Waals surface area (Å²) >= 11 is 6.81. The number of amides is 3. The minimum Gasteiger partial charge on any atom is -0.484 e. The number of thioether (sulfide) groups is 1. The lowest BCUT2D eigenvalue weighted by Gasteiger charge is -2.14. The lowest BCUT2D eigenvalue weighted by molar-refractivity contribution is -0.123. The van der Waals surface area contributed by atoms with E-state index < -0.39 is 17.0 Å². The van der Waals surface area contributed by atoms with Crippen LogP contribution in [0.25, 0.3) is 6.08 Å². The van der Waals surface area contributed by atoms with Crippen molar-refractivity contribution in [2.75, 3.05) is 11.9 Å². The lowest BCUT2D eigenvalue weighted by Crippen LogP contribution is -2.28. The van der Waals surface area contributed by atoms with Gasteiger partial charge >= 0.3 is 0 Å². The third-order valence-corrected chi connectivity index (χ3v) is 6.94. The van der Waals surface area contributed by atoms with E-state index in [4.69, 9.17) is 16.3 Å². The number of ether oxygens (including phenoxy) is 1. The number of anilines is 1. The van der Waals surface area contributed by atoms with E-state index in [1.165, 1.54) is 18.2 Å². The number of imide groups is 1. The molecule has 9 heteroatoms. The number of aryl methyl sites for hydroxylation is 1. The molecule has 36 heavy (non-hydrogen) atoms. The monoisotopic (exact) mass is 524 g/mol. The molecular weight excluding hydrogens is 503 g/mol. The first-order chi connectivity index (χ1) is 17.2. The topological polar surface area (TPSA) is 75.7 Å². The van der Waals surface area contributed by atoms with Gasteiger partial charge in [-0.05, 0) is 78.7 Å². The normalized spacial score (nSPS) is 14.4. The summed E-state index contributed by atoms with van der Waals surface area (Å²) in [6, 6.07) is 16.6. The van der Waals surface area contributed by atoms with Crippen LogP contribution in [0.4, 0.5) is 14.9 Å². The van der Waals surface area contributed by atoms with Gasteiger partial charge in [0, 0.05) is 16.3 Å². The fraction of sp³-hybridized carbons (Fsp3) is 0.148. The molecule has 4 rings (SSSR count). The highest BCUT2D eigenvalue weighted by Crippen LogP contribution is 2.34. The largest absolute Gasteiger partial charge is 0.484 e. The maximum Gasteiger partial charge on any atom is 0.293 e. The Balaban J connectivity index is 1.37. The average molecular weight is 525 g/mol. The van der Waals surface area contributed by atoms with Crippen LogP contribution in [0.3, 0.4) is 0 Å². The van der Waals surface area contributed by atoms with E-state index in [9.17, 15) is 18.8 Å². The Labute approximate surface area is 217 Å². The second kappa shape index (κ2) is 11.0. The first-order valence-corrected chi connectivity index (χ1v) is 12.2. The highest BCUT2D eigenvalue weighted by atomic mass is 35.5. The molecule has 1 saturated heterocycles. The van der Waals surface area contributed by atoms with Crippen LogP contribution in [0.15, 0.2) is 65.6 Å². The van der Waals surface area contributed by atoms with Crippen molar-refractivity contribution in [3.05, 3.63) is 98.7 Å². The van der Waals surface area contributed by atoms with Crippen LogP contribution in [0, 0.1) is 19.7 Å². The minimum atomic E-state index is -0.580. The molecule has 1 heterocycles. The molecule has 3 aromatic rings. The van der Waals surface area contributed by atoms with Crippen molar-refractivity contribution < 1.29 is 23.5 Å². The molecule has 0 unspecified atom stereocenters. The van der Waals surface area contributed by atoms with E-state index >= 15 is 0 Å². The van der Waals surface area contributed by atoms with Gasteiger partial charge in [-0.25, -0.2) is 4.39 Å². The van der Waals surface area contributed by atoms with Crippen LogP contribution in [0.5, 0.6) is 5.75 Å². The molecule has 0 saturated carbocycles. The van der Waals surface area contributed by atoms with E-state index in [1.807, 2.05) is 32.0 Å². The smallest absolute Gasteiger partial charge is 0.293 e. The Kier molecular flexibility index (Phi) is 7.76. The summed E-state index contributed by atoms with van der Waals surface area (Å²) in [5, 5.41) is 2.49. The fourth-order valence-electron chi connectivity index (χ4n) is 3.51. The van der Waals surface area contributed by atoms with Gasteiger partial charge in [-0.15, -0.1) is 0 Å². The van der Waals surface area contributed by atoms with Crippen molar-refractivity contribution in [3.63, 3.8) is 0 Å². The molecule has 1 aliphatic rings. The lowest BCUT2D eigenvalue weighted by atomic mass is 10.1. The van der Waals surface area contributed by atoms with Crippen molar-refractivity contribution >= 4 is 52.2 Å². The molecule has 3 amide bonds. The van der Waals surface area contributed by atoms with Gasteiger partial charge in [0.05, 0.1) is 11.4 Å². The predicted octanol–water partition coefficient (Wildman–Crippen LogP) is 6.35. The molecule has 0 spiro atoms. The van der Waals surface area contributed by atoms with E-state index in [0.29, 0.717) is 11.3 Å². The van der Waals surface area contributed by atoms with E-state index in [1.54, 1.807) is 30.3 Å². The minimum absolute atomic E-state index is 0.0887. The zero-order chi connectivity index (χ0) is 25.8. The summed E-state index contributed by atoms with van der Waals surface area (Å²) in [5.74, 6) is -0.904. The first-order valence-electron chi connectivity index (χ1n) is 11.0. The average Bonchev–Trinajstić information content (AvgIpc) is 3.11. The molecule has 0 aliphatic carbocycles. The van der Waals surface area contributed by atoms with Crippen molar-refractivity contribution in [2.24, 2.45) is 0 Å². The van der Waals surface area contributed by atoms with Gasteiger partial charge < -0.3 is 10.1 Å². The predicted molar refractivity (Wildman–Crippen MR) is 139 cm³/mol. The van der Waals surface area contributed by atoms with Crippen molar-refractivity contribution in [3.8, 4) is 5.75 Å². The summed E-state index contributed by atoms with van der Waals surface area (Å²) in [4.78, 5) is 38.6. The maximum absolute atomic E-state index is 14.1. The molecule has 1 N–H and O–H groups in total. The van der Waals surface area contributed by atoms with Crippen molar-refractivity contribution in [1.29, 1.82) is 0 Å². The molecule has 1 aliphatic heterocycles. The Hall–Kier alpha value is -3.62. The van der Waals surface area contributed by atoms with Gasteiger partial charge in [-0.1, -0.05) is 41.9 Å². The van der Waals surface area contributed by atoms with Crippen LogP contribution in [-0.2, 0) is 16.1 Å². The van der Waals surface area contributed by atoms with E-state index in [0.717, 1.165) is 33.5 Å². The van der Waals surface area contributed by atoms with Crippen molar-refractivity contribution in [2.45, 2.75) is 20.4 Å². The van der Waals surface area contributed by atoms with Crippen LogP contribution in [0.1, 0.15) is 22.3 Å². The zero-order valence-electron chi connectivity index (χ0n) is 19.5. The number of benzene rings is 3. The Bertz CT molecular complexity index is 1350. The highest BCUT2D eigenvalue weighted by molar-refractivity contribution is 8.18. The third-order valence-electron chi connectivity index (χ3n) is 5.68. The number of carbonyl (C=O) groups is 3. The molecule has 3 aromatic carbocycles. The molecule has 1 fully saturated rings. The Morgan fingerprint density at radius 3 is 2.53 bits per heavy atom. The van der Waals surface area contributed by atoms with Gasteiger partial charge in [0.15, 0.2) is 6.61 Å². The highest BCUT2D eigenvalue weighted by Gasteiger charge is 2.35. The van der Waals surface area contributed by atoms with Gasteiger partial charge in [0.2, 0.25) is 0 Å². The number of carbonyl (C=O) groups excluding carboxylic acids is 3. The number of hydrogen-bond acceptors (Lipinski definition) is 5. The number of halogens is 2. The molecule has 184 valence electrons. The van der Waals surface area contributed by atoms with Crippen LogP contribution >= 0.6 is 23.4 Å². The molecular formula is C27H22ClFN2O4S. The molecule has 0 radical (unpaired) electrons. The molecule has 0 bridgehead atoms. The van der Waals surface area contributed by atoms with E-state index in [2.05, 4.69) is 5.32 Å². The maximum atomic E-state index is 14.1. The van der Waals surface area contributed by atoms with Crippen LogP contribution in [-0.4, -0.2) is 28.6 Å². The van der Waals surface area contributed by atoms with Gasteiger partial charge in [0.25, 0.3) is 17.1 Å². The molecule has 6 nitrogen and oxygen atoms in total. The first kappa shape index (κ1) is 25.5. The number of nitrogens with one attached hydrogen (secondary N) is 1.